The van der Waals surface area contributed by atoms with E-state index in [0.29, 0.717) is 12.8 Å². The molecule has 0 aliphatic heterocycles. The lowest BCUT2D eigenvalue weighted by molar-refractivity contribution is -0.127. The number of phenolic OH excluding ortho intramolecular Hbond substituents is 2. The van der Waals surface area contributed by atoms with Crippen molar-refractivity contribution in [2.75, 3.05) is 7.11 Å². The standard InChI is InChI=1S/C30H40O8/c1-7-9-10-12-21(32)25-27(35)19(28(36)30(5,29(25)37)14-13-17(3)4)15-18-23(38-6)16-22(33)24(26(18)34)20(31)11-8-2/h13,16,33-36H,7-12,14-15H2,1-6H3/t30-/m1/s1. The van der Waals surface area contributed by atoms with Gasteiger partial charge in [-0.2, -0.15) is 0 Å². The molecule has 0 heterocycles. The highest BCUT2D eigenvalue weighted by Gasteiger charge is 2.47. The van der Waals surface area contributed by atoms with Crippen molar-refractivity contribution in [3.05, 3.63) is 51.5 Å². The first-order valence-electron chi connectivity index (χ1n) is 13.1. The van der Waals surface area contributed by atoms with Crippen molar-refractivity contribution < 1.29 is 39.5 Å². The van der Waals surface area contributed by atoms with Crippen LogP contribution in [0.5, 0.6) is 17.2 Å². The van der Waals surface area contributed by atoms with E-state index in [2.05, 4.69) is 0 Å². The number of carbonyl (C=O) groups excluding carboxylic acids is 3. The van der Waals surface area contributed by atoms with E-state index in [9.17, 15) is 34.8 Å². The second-order valence-corrected chi connectivity index (χ2v) is 10.2. The van der Waals surface area contributed by atoms with Crippen molar-refractivity contribution in [3.8, 4) is 17.2 Å². The second-order valence-electron chi connectivity index (χ2n) is 10.2. The predicted octanol–water partition coefficient (Wildman–Crippen LogP) is 6.35. The number of hydrogen-bond acceptors (Lipinski definition) is 8. The van der Waals surface area contributed by atoms with Gasteiger partial charge in [-0.25, -0.2) is 0 Å². The number of Topliss-reactive ketones (excluding diaryl/α,β-unsaturated/α-hetero) is 3. The second kappa shape index (κ2) is 12.8. The number of aliphatic hydroxyl groups excluding tert-OH is 2. The van der Waals surface area contributed by atoms with Crippen molar-refractivity contribution in [1.29, 1.82) is 0 Å². The van der Waals surface area contributed by atoms with E-state index in [1.54, 1.807) is 13.0 Å². The number of aliphatic hydroxyl groups is 2. The minimum atomic E-state index is -1.53. The lowest BCUT2D eigenvalue weighted by Crippen LogP contribution is -2.39. The van der Waals surface area contributed by atoms with Gasteiger partial charge in [-0.15, -0.1) is 0 Å². The van der Waals surface area contributed by atoms with E-state index in [4.69, 9.17) is 4.74 Å². The maximum absolute atomic E-state index is 13.6. The van der Waals surface area contributed by atoms with Crippen LogP contribution in [0.15, 0.2) is 40.4 Å². The van der Waals surface area contributed by atoms with Crippen LogP contribution < -0.4 is 4.74 Å². The van der Waals surface area contributed by atoms with Gasteiger partial charge in [-0.05, 0) is 40.0 Å². The number of unbranched alkanes of at least 4 members (excludes halogenated alkanes) is 2. The summed E-state index contributed by atoms with van der Waals surface area (Å²) in [6.45, 7) is 8.97. The molecule has 4 N–H and O–H groups in total. The average Bonchev–Trinajstić information content (AvgIpc) is 2.85. The summed E-state index contributed by atoms with van der Waals surface area (Å²) >= 11 is 0. The van der Waals surface area contributed by atoms with Gasteiger partial charge in [-0.3, -0.25) is 14.4 Å². The molecule has 0 saturated carbocycles. The lowest BCUT2D eigenvalue weighted by Gasteiger charge is -2.34. The van der Waals surface area contributed by atoms with Crippen LogP contribution in [0.1, 0.15) is 95.5 Å². The van der Waals surface area contributed by atoms with Gasteiger partial charge in [0.15, 0.2) is 17.3 Å². The fourth-order valence-corrected chi connectivity index (χ4v) is 4.60. The zero-order valence-electron chi connectivity index (χ0n) is 23.2. The van der Waals surface area contributed by atoms with Crippen LogP contribution in [0, 0.1) is 5.41 Å². The molecule has 1 atom stereocenters. The lowest BCUT2D eigenvalue weighted by atomic mass is 9.69. The summed E-state index contributed by atoms with van der Waals surface area (Å²) in [5.41, 5.74) is -1.40. The van der Waals surface area contributed by atoms with E-state index in [-0.39, 0.29) is 53.7 Å². The van der Waals surface area contributed by atoms with E-state index >= 15 is 0 Å². The van der Waals surface area contributed by atoms with E-state index in [1.807, 2.05) is 20.8 Å². The zero-order valence-corrected chi connectivity index (χ0v) is 23.2. The Morgan fingerprint density at radius 2 is 1.66 bits per heavy atom. The number of allylic oxidation sites excluding steroid dienone is 5. The van der Waals surface area contributed by atoms with Crippen LogP contribution in [0.4, 0.5) is 0 Å². The smallest absolute Gasteiger partial charge is 0.183 e. The Balaban J connectivity index is 2.78. The first-order chi connectivity index (χ1) is 17.8. The molecule has 0 saturated heterocycles. The Kier molecular flexibility index (Phi) is 10.3. The Morgan fingerprint density at radius 1 is 1.00 bits per heavy atom. The third kappa shape index (κ3) is 6.11. The summed E-state index contributed by atoms with van der Waals surface area (Å²) in [5, 5.41) is 44.0. The number of carbonyl (C=O) groups is 3. The van der Waals surface area contributed by atoms with Crippen LogP contribution in [-0.4, -0.2) is 44.9 Å². The number of benzene rings is 1. The van der Waals surface area contributed by atoms with Crippen molar-refractivity contribution in [2.45, 2.75) is 86.0 Å². The highest BCUT2D eigenvalue weighted by atomic mass is 16.5. The highest BCUT2D eigenvalue weighted by molar-refractivity contribution is 6.24. The summed E-state index contributed by atoms with van der Waals surface area (Å²) < 4.78 is 5.33. The SMILES string of the molecule is CCCCCC(=O)C1=C(O)C(Cc2c(OC)cc(O)c(C(=O)CCC)c2O)=C(O)[C@@](C)(CC=C(C)C)C1=O. The van der Waals surface area contributed by atoms with Gasteiger partial charge in [0, 0.05) is 36.5 Å². The van der Waals surface area contributed by atoms with E-state index < -0.39 is 45.8 Å². The first kappa shape index (κ1) is 30.7. The third-order valence-electron chi connectivity index (χ3n) is 6.94. The molecule has 0 amide bonds. The number of phenols is 2. The minimum Gasteiger partial charge on any atom is -0.511 e. The van der Waals surface area contributed by atoms with Crippen molar-refractivity contribution in [2.24, 2.45) is 5.41 Å². The van der Waals surface area contributed by atoms with Gasteiger partial charge < -0.3 is 25.2 Å². The molecule has 1 aromatic rings. The summed E-state index contributed by atoms with van der Waals surface area (Å²) in [4.78, 5) is 39.4. The predicted molar refractivity (Wildman–Crippen MR) is 145 cm³/mol. The quantitative estimate of drug-likeness (QED) is 0.100. The van der Waals surface area contributed by atoms with Crippen molar-refractivity contribution >= 4 is 17.3 Å². The molecule has 0 fully saturated rings. The molecule has 1 aromatic carbocycles. The molecular formula is C30H40O8. The minimum absolute atomic E-state index is 0.0138. The van der Waals surface area contributed by atoms with Gasteiger partial charge in [0.25, 0.3) is 0 Å². The van der Waals surface area contributed by atoms with Crippen LogP contribution >= 0.6 is 0 Å². The molecular weight excluding hydrogens is 488 g/mol. The van der Waals surface area contributed by atoms with Crippen LogP contribution in [0.3, 0.4) is 0 Å². The fraction of sp³-hybridized carbons (Fsp3) is 0.500. The average molecular weight is 529 g/mol. The Morgan fingerprint density at radius 3 is 2.21 bits per heavy atom. The van der Waals surface area contributed by atoms with E-state index in [0.717, 1.165) is 18.4 Å². The van der Waals surface area contributed by atoms with Gasteiger partial charge in [0.1, 0.15) is 39.9 Å². The molecule has 0 spiro atoms. The third-order valence-corrected chi connectivity index (χ3v) is 6.94. The fourth-order valence-electron chi connectivity index (χ4n) is 4.60. The molecule has 0 radical (unpaired) electrons. The number of aromatic hydroxyl groups is 2. The molecule has 0 unspecified atom stereocenters. The van der Waals surface area contributed by atoms with Gasteiger partial charge in [0.05, 0.1) is 12.5 Å². The maximum Gasteiger partial charge on any atom is 0.183 e. The number of hydrogen-bond donors (Lipinski definition) is 4. The Bertz CT molecular complexity index is 1200. The summed E-state index contributed by atoms with van der Waals surface area (Å²) in [5.74, 6) is -3.75. The van der Waals surface area contributed by atoms with Crippen LogP contribution in [-0.2, 0) is 16.0 Å². The van der Waals surface area contributed by atoms with Gasteiger partial charge in [0.2, 0.25) is 0 Å². The normalized spacial score (nSPS) is 17.6. The molecule has 8 heteroatoms. The zero-order chi connectivity index (χ0) is 28.8. The summed E-state index contributed by atoms with van der Waals surface area (Å²) in [6, 6.07) is 1.18. The summed E-state index contributed by atoms with van der Waals surface area (Å²) in [7, 11) is 1.31. The topological polar surface area (TPSA) is 141 Å². The Labute approximate surface area is 224 Å². The van der Waals surface area contributed by atoms with Gasteiger partial charge in [-0.1, -0.05) is 38.3 Å². The highest BCUT2D eigenvalue weighted by Crippen LogP contribution is 2.46. The number of ether oxygens (including phenoxy) is 1. The molecule has 8 nitrogen and oxygen atoms in total. The monoisotopic (exact) mass is 528 g/mol. The van der Waals surface area contributed by atoms with E-state index in [1.165, 1.54) is 20.1 Å². The van der Waals surface area contributed by atoms with Crippen LogP contribution in [0.2, 0.25) is 0 Å². The molecule has 38 heavy (non-hydrogen) atoms. The molecule has 0 aromatic heterocycles. The van der Waals surface area contributed by atoms with Crippen molar-refractivity contribution in [1.82, 2.24) is 0 Å². The van der Waals surface area contributed by atoms with Gasteiger partial charge >= 0.3 is 0 Å². The first-order valence-corrected chi connectivity index (χ1v) is 13.1. The molecule has 1 aliphatic rings. The largest absolute Gasteiger partial charge is 0.511 e. The van der Waals surface area contributed by atoms with Crippen molar-refractivity contribution in [3.63, 3.8) is 0 Å². The molecule has 2 rings (SSSR count). The van der Waals surface area contributed by atoms with Crippen LogP contribution in [0.25, 0.3) is 0 Å². The maximum atomic E-state index is 13.6. The summed E-state index contributed by atoms with van der Waals surface area (Å²) in [6.07, 6.45) is 4.33. The molecule has 1 aliphatic carbocycles. The molecule has 0 bridgehead atoms. The number of ketones is 3. The number of methoxy groups -OCH3 is 1. The molecule has 208 valence electrons. The number of rotatable bonds is 13. The Hall–Kier alpha value is -3.55.